The fourth-order valence-corrected chi connectivity index (χ4v) is 1.72. The number of hydrogen-bond donors (Lipinski definition) is 0. The molecule has 0 aliphatic heterocycles. The van der Waals surface area contributed by atoms with Crippen LogP contribution in [-0.2, 0) is 4.74 Å². The van der Waals surface area contributed by atoms with Crippen molar-refractivity contribution in [3.05, 3.63) is 65.5 Å². The van der Waals surface area contributed by atoms with Crippen LogP contribution < -0.4 is 9.47 Å². The van der Waals surface area contributed by atoms with E-state index in [9.17, 15) is 9.59 Å². The molecule has 2 aromatic rings. The first-order valence-corrected chi connectivity index (χ1v) is 7.26. The maximum absolute atomic E-state index is 12.0. The van der Waals surface area contributed by atoms with Crippen LogP contribution in [0.3, 0.4) is 0 Å². The van der Waals surface area contributed by atoms with Gasteiger partial charge < -0.3 is 14.2 Å². The Hall–Kier alpha value is -3.33. The van der Waals surface area contributed by atoms with Crippen molar-refractivity contribution < 1.29 is 23.8 Å². The molecule has 0 saturated carbocycles. The molecule has 0 bridgehead atoms. The molecule has 0 aromatic heterocycles. The van der Waals surface area contributed by atoms with E-state index in [4.69, 9.17) is 20.8 Å². The van der Waals surface area contributed by atoms with Crippen molar-refractivity contribution in [2.45, 2.75) is 13.3 Å². The molecule has 0 heterocycles. The van der Waals surface area contributed by atoms with E-state index in [1.807, 2.05) is 6.92 Å². The molecule has 0 amide bonds. The molecule has 6 nitrogen and oxygen atoms in total. The Morgan fingerprint density at radius 2 is 1.54 bits per heavy atom. The standard InChI is InChI=1S/C18H15NO5/c1-3-12-22-18(21)24-16-8-4-13(5-9-16)17(20)23-15-10-6-14(19-2)7-11-15/h4-11H,3,12H2,1H3. The van der Waals surface area contributed by atoms with Gasteiger partial charge in [-0.05, 0) is 42.8 Å². The summed E-state index contributed by atoms with van der Waals surface area (Å²) in [6.07, 6.45) is -0.0800. The fourth-order valence-electron chi connectivity index (χ4n) is 1.72. The molecule has 0 aliphatic carbocycles. The van der Waals surface area contributed by atoms with Gasteiger partial charge in [-0.25, -0.2) is 14.4 Å². The monoisotopic (exact) mass is 325 g/mol. The smallest absolute Gasteiger partial charge is 0.434 e. The minimum Gasteiger partial charge on any atom is -0.434 e. The number of nitrogens with zero attached hydrogens (tertiary/aromatic N) is 1. The Morgan fingerprint density at radius 1 is 0.958 bits per heavy atom. The predicted octanol–water partition coefficient (Wildman–Crippen LogP) is 4.38. The van der Waals surface area contributed by atoms with Crippen LogP contribution in [0.4, 0.5) is 10.5 Å². The van der Waals surface area contributed by atoms with Gasteiger partial charge in [-0.2, -0.15) is 0 Å². The second-order valence-corrected chi connectivity index (χ2v) is 4.72. The van der Waals surface area contributed by atoms with Crippen LogP contribution in [0, 0.1) is 6.57 Å². The van der Waals surface area contributed by atoms with Crippen molar-refractivity contribution in [1.29, 1.82) is 0 Å². The van der Waals surface area contributed by atoms with Gasteiger partial charge in [0.05, 0.1) is 18.7 Å². The summed E-state index contributed by atoms with van der Waals surface area (Å²) in [5.74, 6) is 0.0654. The second kappa shape index (κ2) is 8.34. The van der Waals surface area contributed by atoms with Crippen LogP contribution in [0.2, 0.25) is 0 Å². The van der Waals surface area contributed by atoms with Crippen LogP contribution >= 0.6 is 0 Å². The maximum atomic E-state index is 12.0. The lowest BCUT2D eigenvalue weighted by molar-refractivity contribution is 0.0735. The molecule has 0 spiro atoms. The fraction of sp³-hybridized carbons (Fsp3) is 0.167. The molecule has 24 heavy (non-hydrogen) atoms. The molecule has 2 aromatic carbocycles. The summed E-state index contributed by atoms with van der Waals surface area (Å²) >= 11 is 0. The lowest BCUT2D eigenvalue weighted by Gasteiger charge is -2.06. The first kappa shape index (κ1) is 17.0. The van der Waals surface area contributed by atoms with E-state index >= 15 is 0 Å². The van der Waals surface area contributed by atoms with Gasteiger partial charge in [-0.15, -0.1) is 0 Å². The van der Waals surface area contributed by atoms with Crippen molar-refractivity contribution in [3.8, 4) is 11.5 Å². The molecule has 2 rings (SSSR count). The molecule has 0 saturated heterocycles. The number of benzene rings is 2. The van der Waals surface area contributed by atoms with Gasteiger partial charge in [-0.1, -0.05) is 19.1 Å². The van der Waals surface area contributed by atoms with Crippen molar-refractivity contribution in [3.63, 3.8) is 0 Å². The van der Waals surface area contributed by atoms with Crippen LogP contribution in [0.5, 0.6) is 11.5 Å². The molecular formula is C18H15NO5. The number of ether oxygens (including phenoxy) is 3. The first-order valence-electron chi connectivity index (χ1n) is 7.26. The highest BCUT2D eigenvalue weighted by molar-refractivity contribution is 5.91. The van der Waals surface area contributed by atoms with Crippen molar-refractivity contribution >= 4 is 17.8 Å². The Labute approximate surface area is 139 Å². The van der Waals surface area contributed by atoms with Gasteiger partial charge in [0.25, 0.3) is 0 Å². The summed E-state index contributed by atoms with van der Waals surface area (Å²) in [5.41, 5.74) is 0.768. The summed E-state index contributed by atoms with van der Waals surface area (Å²) in [6, 6.07) is 12.1. The minimum atomic E-state index is -0.785. The topological polar surface area (TPSA) is 66.2 Å². The SMILES string of the molecule is [C-]#[N+]c1ccc(OC(=O)c2ccc(OC(=O)OCCC)cc2)cc1. The van der Waals surface area contributed by atoms with Gasteiger partial charge in [0.15, 0.2) is 5.69 Å². The molecular weight excluding hydrogens is 310 g/mol. The van der Waals surface area contributed by atoms with E-state index in [0.29, 0.717) is 23.4 Å². The Balaban J connectivity index is 1.95. The van der Waals surface area contributed by atoms with Gasteiger partial charge in [0, 0.05) is 0 Å². The van der Waals surface area contributed by atoms with E-state index in [-0.39, 0.29) is 12.4 Å². The highest BCUT2D eigenvalue weighted by Gasteiger charge is 2.10. The van der Waals surface area contributed by atoms with Gasteiger partial charge in [0.1, 0.15) is 11.5 Å². The lowest BCUT2D eigenvalue weighted by atomic mass is 10.2. The molecule has 0 fully saturated rings. The zero-order valence-corrected chi connectivity index (χ0v) is 13.0. The predicted molar refractivity (Wildman–Crippen MR) is 86.4 cm³/mol. The van der Waals surface area contributed by atoms with Gasteiger partial charge in [-0.3, -0.25) is 0 Å². The third-order valence-corrected chi connectivity index (χ3v) is 2.89. The van der Waals surface area contributed by atoms with E-state index in [2.05, 4.69) is 4.85 Å². The summed E-state index contributed by atoms with van der Waals surface area (Å²) in [7, 11) is 0. The third-order valence-electron chi connectivity index (χ3n) is 2.89. The summed E-state index contributed by atoms with van der Waals surface area (Å²) < 4.78 is 15.0. The van der Waals surface area contributed by atoms with Crippen molar-refractivity contribution in [2.24, 2.45) is 0 Å². The van der Waals surface area contributed by atoms with E-state index in [0.717, 1.165) is 0 Å². The van der Waals surface area contributed by atoms with E-state index in [1.165, 1.54) is 24.3 Å². The van der Waals surface area contributed by atoms with Gasteiger partial charge in [0.2, 0.25) is 0 Å². The quantitative estimate of drug-likeness (QED) is 0.353. The number of esters is 1. The third kappa shape index (κ3) is 4.85. The van der Waals surface area contributed by atoms with Crippen molar-refractivity contribution in [2.75, 3.05) is 6.61 Å². The van der Waals surface area contributed by atoms with Crippen LogP contribution in [0.15, 0.2) is 48.5 Å². The highest BCUT2D eigenvalue weighted by Crippen LogP contribution is 2.20. The van der Waals surface area contributed by atoms with E-state index < -0.39 is 12.1 Å². The average molecular weight is 325 g/mol. The van der Waals surface area contributed by atoms with Crippen LogP contribution in [0.25, 0.3) is 4.85 Å². The molecule has 0 radical (unpaired) electrons. The molecule has 0 aliphatic rings. The molecule has 122 valence electrons. The Kier molecular flexibility index (Phi) is 5.92. The molecule has 0 N–H and O–H groups in total. The van der Waals surface area contributed by atoms with Crippen molar-refractivity contribution in [1.82, 2.24) is 0 Å². The molecule has 6 heteroatoms. The largest absolute Gasteiger partial charge is 0.513 e. The summed E-state index contributed by atoms with van der Waals surface area (Å²) in [4.78, 5) is 26.6. The zero-order chi connectivity index (χ0) is 17.4. The molecule has 0 atom stereocenters. The van der Waals surface area contributed by atoms with Gasteiger partial charge >= 0.3 is 12.1 Å². The summed E-state index contributed by atoms with van der Waals surface area (Å²) in [6.45, 7) is 9.03. The normalized spacial score (nSPS) is 9.67. The Bertz CT molecular complexity index is 744. The molecule has 0 unspecified atom stereocenters. The number of carbonyl (C=O) groups excluding carboxylic acids is 2. The van der Waals surface area contributed by atoms with Crippen LogP contribution in [-0.4, -0.2) is 18.7 Å². The number of hydrogen-bond acceptors (Lipinski definition) is 5. The van der Waals surface area contributed by atoms with E-state index in [1.54, 1.807) is 24.3 Å². The maximum Gasteiger partial charge on any atom is 0.513 e. The average Bonchev–Trinajstić information content (AvgIpc) is 2.61. The first-order chi connectivity index (χ1) is 11.6. The second-order valence-electron chi connectivity index (χ2n) is 4.72. The van der Waals surface area contributed by atoms with Crippen LogP contribution in [0.1, 0.15) is 23.7 Å². The number of rotatable bonds is 5. The minimum absolute atomic E-state index is 0.272. The lowest BCUT2D eigenvalue weighted by Crippen LogP contribution is -2.11. The Morgan fingerprint density at radius 3 is 2.12 bits per heavy atom. The number of carbonyl (C=O) groups is 2. The highest BCUT2D eigenvalue weighted by atomic mass is 16.7. The summed E-state index contributed by atoms with van der Waals surface area (Å²) in [5, 5.41) is 0. The zero-order valence-electron chi connectivity index (χ0n) is 13.0.